The average Bonchev–Trinajstić information content (AvgIpc) is 2.78. The third-order valence-corrected chi connectivity index (χ3v) is 3.48. The van der Waals surface area contributed by atoms with Gasteiger partial charge in [-0.25, -0.2) is 0 Å². The van der Waals surface area contributed by atoms with E-state index in [0.29, 0.717) is 12.0 Å². The van der Waals surface area contributed by atoms with Gasteiger partial charge in [-0.15, -0.1) is 0 Å². The molecular formula is C13H21N3. The van der Waals surface area contributed by atoms with Crippen LogP contribution in [-0.4, -0.2) is 24.1 Å². The highest BCUT2D eigenvalue weighted by molar-refractivity contribution is 5.03. The van der Waals surface area contributed by atoms with E-state index in [2.05, 4.69) is 16.4 Å². The molecule has 0 spiro atoms. The lowest BCUT2D eigenvalue weighted by Crippen LogP contribution is -2.37. The third kappa shape index (κ3) is 3.03. The Labute approximate surface area is 97.5 Å². The van der Waals surface area contributed by atoms with Gasteiger partial charge in [0.2, 0.25) is 0 Å². The van der Waals surface area contributed by atoms with E-state index in [1.165, 1.54) is 19.3 Å². The maximum atomic E-state index is 5.75. The molecule has 0 radical (unpaired) electrons. The van der Waals surface area contributed by atoms with Crippen LogP contribution in [0.15, 0.2) is 24.4 Å². The van der Waals surface area contributed by atoms with E-state index < -0.39 is 0 Å². The predicted octanol–water partition coefficient (Wildman–Crippen LogP) is 1.34. The Balaban J connectivity index is 1.72. The minimum atomic E-state index is 0.633. The molecule has 2 rings (SSSR count). The predicted molar refractivity (Wildman–Crippen MR) is 66.1 cm³/mol. The van der Waals surface area contributed by atoms with E-state index >= 15 is 0 Å². The molecule has 0 aliphatic heterocycles. The minimum absolute atomic E-state index is 0.633. The fourth-order valence-electron chi connectivity index (χ4n) is 2.52. The number of nitrogens with two attached hydrogens (primary N) is 1. The van der Waals surface area contributed by atoms with Crippen molar-refractivity contribution in [3.63, 3.8) is 0 Å². The first-order valence-electron chi connectivity index (χ1n) is 6.23. The van der Waals surface area contributed by atoms with Crippen LogP contribution in [0.3, 0.4) is 0 Å². The van der Waals surface area contributed by atoms with E-state index in [1.54, 1.807) is 0 Å². The van der Waals surface area contributed by atoms with Crippen LogP contribution in [0, 0.1) is 5.92 Å². The van der Waals surface area contributed by atoms with Gasteiger partial charge < -0.3 is 11.1 Å². The van der Waals surface area contributed by atoms with E-state index in [-0.39, 0.29) is 0 Å². The van der Waals surface area contributed by atoms with Crippen LogP contribution in [0.2, 0.25) is 0 Å². The molecule has 1 aliphatic carbocycles. The molecule has 0 bridgehead atoms. The zero-order valence-corrected chi connectivity index (χ0v) is 9.73. The number of hydrogen-bond donors (Lipinski definition) is 2. The molecule has 1 aliphatic rings. The quantitative estimate of drug-likeness (QED) is 0.786. The van der Waals surface area contributed by atoms with Crippen LogP contribution >= 0.6 is 0 Å². The highest BCUT2D eigenvalue weighted by Gasteiger charge is 2.24. The summed E-state index contributed by atoms with van der Waals surface area (Å²) in [5, 5.41) is 3.61. The molecule has 3 heteroatoms. The Bertz CT molecular complexity index is 299. The molecule has 1 saturated carbocycles. The van der Waals surface area contributed by atoms with Gasteiger partial charge in [0, 0.05) is 30.9 Å². The van der Waals surface area contributed by atoms with Crippen molar-refractivity contribution >= 4 is 0 Å². The van der Waals surface area contributed by atoms with Crippen molar-refractivity contribution in [3.8, 4) is 0 Å². The van der Waals surface area contributed by atoms with Crippen molar-refractivity contribution < 1.29 is 0 Å². The fraction of sp³-hybridized carbons (Fsp3) is 0.615. The molecule has 0 amide bonds. The molecule has 3 nitrogen and oxygen atoms in total. The molecule has 16 heavy (non-hydrogen) atoms. The smallest absolute Gasteiger partial charge is 0.0416 e. The first kappa shape index (κ1) is 11.6. The molecule has 2 unspecified atom stereocenters. The number of pyridine rings is 1. The summed E-state index contributed by atoms with van der Waals surface area (Å²) in [4.78, 5) is 4.32. The lowest BCUT2D eigenvalue weighted by Gasteiger charge is -2.19. The summed E-state index contributed by atoms with van der Waals surface area (Å²) in [6.45, 7) is 1.83. The van der Waals surface area contributed by atoms with Crippen molar-refractivity contribution in [3.05, 3.63) is 30.1 Å². The summed E-state index contributed by atoms with van der Waals surface area (Å²) in [6, 6.07) is 6.71. The summed E-state index contributed by atoms with van der Waals surface area (Å²) in [5.41, 5.74) is 6.92. The highest BCUT2D eigenvalue weighted by atomic mass is 14.9. The first-order chi connectivity index (χ1) is 7.90. The van der Waals surface area contributed by atoms with Crippen molar-refractivity contribution in [2.45, 2.75) is 31.7 Å². The summed E-state index contributed by atoms with van der Waals surface area (Å²) in [6.07, 6.45) is 6.76. The van der Waals surface area contributed by atoms with Gasteiger partial charge in [0.15, 0.2) is 0 Å². The van der Waals surface area contributed by atoms with E-state index in [9.17, 15) is 0 Å². The second-order valence-electron chi connectivity index (χ2n) is 4.56. The second kappa shape index (κ2) is 5.97. The van der Waals surface area contributed by atoms with Crippen LogP contribution in [0.1, 0.15) is 25.0 Å². The second-order valence-corrected chi connectivity index (χ2v) is 4.56. The molecule has 88 valence electrons. The number of nitrogens with zero attached hydrogens (tertiary/aromatic N) is 1. The normalized spacial score (nSPS) is 24.8. The average molecular weight is 219 g/mol. The van der Waals surface area contributed by atoms with Crippen LogP contribution < -0.4 is 11.1 Å². The maximum Gasteiger partial charge on any atom is 0.0416 e. The van der Waals surface area contributed by atoms with Gasteiger partial charge in [-0.1, -0.05) is 12.5 Å². The first-order valence-corrected chi connectivity index (χ1v) is 6.23. The van der Waals surface area contributed by atoms with Gasteiger partial charge in [-0.3, -0.25) is 4.98 Å². The minimum Gasteiger partial charge on any atom is -0.330 e. The highest BCUT2D eigenvalue weighted by Crippen LogP contribution is 2.24. The van der Waals surface area contributed by atoms with Crippen molar-refractivity contribution in [2.75, 3.05) is 13.1 Å². The number of rotatable bonds is 5. The van der Waals surface area contributed by atoms with Gasteiger partial charge in [-0.2, -0.15) is 0 Å². The maximum absolute atomic E-state index is 5.75. The van der Waals surface area contributed by atoms with Gasteiger partial charge >= 0.3 is 0 Å². The van der Waals surface area contributed by atoms with Gasteiger partial charge in [0.05, 0.1) is 0 Å². The van der Waals surface area contributed by atoms with Crippen molar-refractivity contribution in [1.82, 2.24) is 10.3 Å². The molecule has 1 fully saturated rings. The van der Waals surface area contributed by atoms with E-state index in [0.717, 1.165) is 25.2 Å². The summed E-state index contributed by atoms with van der Waals surface area (Å²) >= 11 is 0. The summed E-state index contributed by atoms with van der Waals surface area (Å²) in [7, 11) is 0. The molecular weight excluding hydrogens is 198 g/mol. The molecule has 2 atom stereocenters. The van der Waals surface area contributed by atoms with Crippen molar-refractivity contribution in [1.29, 1.82) is 0 Å². The van der Waals surface area contributed by atoms with Gasteiger partial charge in [0.1, 0.15) is 0 Å². The zero-order valence-electron chi connectivity index (χ0n) is 9.73. The number of aromatic nitrogens is 1. The van der Waals surface area contributed by atoms with Crippen LogP contribution in [0.5, 0.6) is 0 Å². The zero-order chi connectivity index (χ0) is 11.2. The number of nitrogens with one attached hydrogen (secondary N) is 1. The Morgan fingerprint density at radius 3 is 3.06 bits per heavy atom. The molecule has 0 aromatic carbocycles. The Morgan fingerprint density at radius 1 is 1.38 bits per heavy atom. The van der Waals surface area contributed by atoms with Gasteiger partial charge in [-0.05, 0) is 37.4 Å². The Morgan fingerprint density at radius 2 is 2.31 bits per heavy atom. The largest absolute Gasteiger partial charge is 0.330 e. The molecule has 1 heterocycles. The SMILES string of the molecule is NCC1CCCC1NCCc1ccccn1. The van der Waals surface area contributed by atoms with Crippen LogP contribution in [0.4, 0.5) is 0 Å². The third-order valence-electron chi connectivity index (χ3n) is 3.48. The van der Waals surface area contributed by atoms with Crippen molar-refractivity contribution in [2.24, 2.45) is 11.7 Å². The molecule has 1 aromatic rings. The Hall–Kier alpha value is -0.930. The van der Waals surface area contributed by atoms with Crippen LogP contribution in [-0.2, 0) is 6.42 Å². The summed E-state index contributed by atoms with van der Waals surface area (Å²) < 4.78 is 0. The van der Waals surface area contributed by atoms with E-state index in [1.807, 2.05) is 18.3 Å². The molecule has 3 N–H and O–H groups in total. The van der Waals surface area contributed by atoms with Crippen LogP contribution in [0.25, 0.3) is 0 Å². The monoisotopic (exact) mass is 219 g/mol. The van der Waals surface area contributed by atoms with E-state index in [4.69, 9.17) is 5.73 Å². The number of hydrogen-bond acceptors (Lipinski definition) is 3. The topological polar surface area (TPSA) is 50.9 Å². The molecule has 1 aromatic heterocycles. The fourth-order valence-corrected chi connectivity index (χ4v) is 2.52. The lowest BCUT2D eigenvalue weighted by molar-refractivity contribution is 0.409. The Kier molecular flexibility index (Phi) is 4.31. The van der Waals surface area contributed by atoms with Gasteiger partial charge in [0.25, 0.3) is 0 Å². The lowest BCUT2D eigenvalue weighted by atomic mass is 10.0. The summed E-state index contributed by atoms with van der Waals surface area (Å²) in [5.74, 6) is 0.684. The molecule has 0 saturated heterocycles. The standard InChI is InChI=1S/C13H21N3/c14-10-11-4-3-6-13(11)16-9-7-12-5-1-2-8-15-12/h1-2,5,8,11,13,16H,3-4,6-7,9-10,14H2.